The van der Waals surface area contributed by atoms with Crippen molar-refractivity contribution in [1.29, 1.82) is 0 Å². The molecule has 1 aliphatic rings. The van der Waals surface area contributed by atoms with Crippen molar-refractivity contribution in [2.75, 3.05) is 13.6 Å². The number of likely N-dealkylation sites (tertiary alicyclic amines) is 1. The van der Waals surface area contributed by atoms with Gasteiger partial charge in [0.05, 0.1) is 0 Å². The molecule has 0 aromatic rings. The van der Waals surface area contributed by atoms with Crippen LogP contribution in [0.5, 0.6) is 0 Å². The number of alkyl carbamates (subject to hydrolysis) is 1. The Morgan fingerprint density at radius 1 is 1.09 bits per heavy atom. The van der Waals surface area contributed by atoms with Crippen LogP contribution in [-0.2, 0) is 4.74 Å². The quantitative estimate of drug-likeness (QED) is 0.711. The number of hydrogen-bond acceptors (Lipinski definition) is 3. The van der Waals surface area contributed by atoms with Crippen LogP contribution in [0.3, 0.4) is 0 Å². The summed E-state index contributed by atoms with van der Waals surface area (Å²) < 4.78 is 5.66. The lowest BCUT2D eigenvalue weighted by atomic mass is 9.79. The molecule has 1 aliphatic heterocycles. The molecule has 0 saturated carbocycles. The summed E-state index contributed by atoms with van der Waals surface area (Å²) in [4.78, 5) is 14.4. The molecule has 0 bridgehead atoms. The number of nitrogens with zero attached hydrogens (tertiary/aromatic N) is 1. The van der Waals surface area contributed by atoms with Gasteiger partial charge in [0, 0.05) is 30.5 Å². The fourth-order valence-corrected chi connectivity index (χ4v) is 3.48. The van der Waals surface area contributed by atoms with E-state index in [1.54, 1.807) is 0 Å². The zero-order chi connectivity index (χ0) is 16.8. The molecule has 130 valence electrons. The summed E-state index contributed by atoms with van der Waals surface area (Å²) in [6.45, 7) is 11.8. The summed E-state index contributed by atoms with van der Waals surface area (Å²) in [5.74, 6) is 0. The molecule has 1 fully saturated rings. The van der Waals surface area contributed by atoms with Gasteiger partial charge in [-0.1, -0.05) is 32.6 Å². The normalized spacial score (nSPS) is 21.5. The van der Waals surface area contributed by atoms with E-state index in [9.17, 15) is 4.79 Å². The Morgan fingerprint density at radius 2 is 1.64 bits per heavy atom. The maximum atomic E-state index is 12.0. The largest absolute Gasteiger partial charge is 0.446 e. The zero-order valence-corrected chi connectivity index (χ0v) is 15.5. The molecule has 0 atom stereocenters. The number of unbranched alkanes of at least 4 members (excludes halogenated alkanes) is 4. The number of ether oxygens (including phenoxy) is 1. The Labute approximate surface area is 137 Å². The van der Waals surface area contributed by atoms with E-state index in [0.717, 1.165) is 25.8 Å². The summed E-state index contributed by atoms with van der Waals surface area (Å²) in [6.07, 6.45) is 7.53. The highest BCUT2D eigenvalue weighted by atomic mass is 16.6. The fraction of sp³-hybridized carbons (Fsp3) is 0.944. The zero-order valence-electron chi connectivity index (χ0n) is 15.5. The lowest BCUT2D eigenvalue weighted by Gasteiger charge is -2.53. The number of carbonyl (C=O) groups excluding carboxylic acids is 1. The number of hydrogen-bond donors (Lipinski definition) is 1. The Morgan fingerprint density at radius 3 is 2.18 bits per heavy atom. The molecular formula is C18H36N2O2. The molecule has 1 rings (SSSR count). The first-order chi connectivity index (χ1) is 10.2. The molecule has 0 aliphatic carbocycles. The van der Waals surface area contributed by atoms with Crippen molar-refractivity contribution in [3.8, 4) is 0 Å². The van der Waals surface area contributed by atoms with Gasteiger partial charge in [-0.2, -0.15) is 0 Å². The number of piperidine rings is 1. The molecule has 0 aromatic heterocycles. The van der Waals surface area contributed by atoms with Gasteiger partial charge in [0.25, 0.3) is 0 Å². The molecule has 1 N–H and O–H groups in total. The van der Waals surface area contributed by atoms with Crippen molar-refractivity contribution in [1.82, 2.24) is 10.2 Å². The lowest BCUT2D eigenvalue weighted by Crippen LogP contribution is -2.60. The van der Waals surface area contributed by atoms with Crippen LogP contribution in [0.2, 0.25) is 0 Å². The molecule has 1 saturated heterocycles. The van der Waals surface area contributed by atoms with Crippen LogP contribution in [0.1, 0.15) is 79.6 Å². The van der Waals surface area contributed by atoms with E-state index in [2.05, 4.69) is 51.9 Å². The van der Waals surface area contributed by atoms with Gasteiger partial charge < -0.3 is 10.1 Å². The van der Waals surface area contributed by atoms with E-state index in [4.69, 9.17) is 4.74 Å². The number of amides is 1. The van der Waals surface area contributed by atoms with Crippen LogP contribution in [0, 0.1) is 0 Å². The highest BCUT2D eigenvalue weighted by molar-refractivity contribution is 5.67. The average Bonchev–Trinajstić information content (AvgIpc) is 2.39. The standard InChI is InChI=1S/C18H36N2O2/c1-7-8-9-10-11-12-19-16(21)22-15-13-17(2,3)20(6)18(4,5)14-15/h15H,7-14H2,1-6H3,(H,19,21). The number of carbonyl (C=O) groups is 1. The second kappa shape index (κ2) is 8.19. The third kappa shape index (κ3) is 5.79. The minimum Gasteiger partial charge on any atom is -0.446 e. The molecule has 0 aromatic carbocycles. The molecule has 0 spiro atoms. The lowest BCUT2D eigenvalue weighted by molar-refractivity contribution is -0.0680. The van der Waals surface area contributed by atoms with Gasteiger partial charge in [-0.15, -0.1) is 0 Å². The second-order valence-electron chi connectivity index (χ2n) is 7.96. The van der Waals surface area contributed by atoms with Crippen molar-refractivity contribution in [2.45, 2.75) is 96.7 Å². The summed E-state index contributed by atoms with van der Waals surface area (Å²) in [5, 5.41) is 2.90. The van der Waals surface area contributed by atoms with Crippen LogP contribution < -0.4 is 5.32 Å². The minimum atomic E-state index is -0.253. The van der Waals surface area contributed by atoms with E-state index in [1.807, 2.05) is 0 Å². The first kappa shape index (κ1) is 19.3. The Kier molecular flexibility index (Phi) is 7.17. The molecule has 4 heteroatoms. The monoisotopic (exact) mass is 312 g/mol. The minimum absolute atomic E-state index is 0.00120. The van der Waals surface area contributed by atoms with Gasteiger partial charge in [0.15, 0.2) is 0 Å². The summed E-state index contributed by atoms with van der Waals surface area (Å²) in [7, 11) is 2.16. The molecule has 22 heavy (non-hydrogen) atoms. The highest BCUT2D eigenvalue weighted by Gasteiger charge is 2.44. The highest BCUT2D eigenvalue weighted by Crippen LogP contribution is 2.38. The van der Waals surface area contributed by atoms with Gasteiger partial charge in [0.1, 0.15) is 6.10 Å². The van der Waals surface area contributed by atoms with Crippen molar-refractivity contribution in [3.63, 3.8) is 0 Å². The second-order valence-corrected chi connectivity index (χ2v) is 7.96. The number of rotatable bonds is 7. The van der Waals surface area contributed by atoms with E-state index in [-0.39, 0.29) is 23.3 Å². The maximum absolute atomic E-state index is 12.0. The van der Waals surface area contributed by atoms with Crippen LogP contribution in [-0.4, -0.2) is 41.8 Å². The molecule has 4 nitrogen and oxygen atoms in total. The molecule has 0 unspecified atom stereocenters. The van der Waals surface area contributed by atoms with E-state index < -0.39 is 0 Å². The molecule has 0 radical (unpaired) electrons. The Bertz CT molecular complexity index is 335. The maximum Gasteiger partial charge on any atom is 0.407 e. The predicted octanol–water partition coefficient (Wildman–Crippen LogP) is 4.33. The predicted molar refractivity (Wildman–Crippen MR) is 92.2 cm³/mol. The van der Waals surface area contributed by atoms with E-state index in [1.165, 1.54) is 25.7 Å². The van der Waals surface area contributed by atoms with Gasteiger partial charge >= 0.3 is 6.09 Å². The third-order valence-corrected chi connectivity index (χ3v) is 5.09. The van der Waals surface area contributed by atoms with Crippen LogP contribution >= 0.6 is 0 Å². The van der Waals surface area contributed by atoms with Gasteiger partial charge in [-0.05, 0) is 41.2 Å². The van der Waals surface area contributed by atoms with Crippen molar-refractivity contribution in [3.05, 3.63) is 0 Å². The first-order valence-electron chi connectivity index (χ1n) is 8.87. The van der Waals surface area contributed by atoms with Crippen molar-refractivity contribution >= 4 is 6.09 Å². The molecule has 1 amide bonds. The van der Waals surface area contributed by atoms with Crippen molar-refractivity contribution in [2.24, 2.45) is 0 Å². The smallest absolute Gasteiger partial charge is 0.407 e. The van der Waals surface area contributed by atoms with E-state index >= 15 is 0 Å². The average molecular weight is 312 g/mol. The summed E-state index contributed by atoms with van der Waals surface area (Å²) >= 11 is 0. The SMILES string of the molecule is CCCCCCCNC(=O)OC1CC(C)(C)N(C)C(C)(C)C1. The van der Waals surface area contributed by atoms with Gasteiger partial charge in [-0.3, -0.25) is 4.90 Å². The van der Waals surface area contributed by atoms with Crippen molar-refractivity contribution < 1.29 is 9.53 Å². The first-order valence-corrected chi connectivity index (χ1v) is 8.87. The van der Waals surface area contributed by atoms with Gasteiger partial charge in [0.2, 0.25) is 0 Å². The Balaban J connectivity index is 2.32. The Hall–Kier alpha value is -0.770. The van der Waals surface area contributed by atoms with Crippen LogP contribution in [0.4, 0.5) is 4.79 Å². The summed E-state index contributed by atoms with van der Waals surface area (Å²) in [6, 6.07) is 0. The topological polar surface area (TPSA) is 41.6 Å². The third-order valence-electron chi connectivity index (χ3n) is 5.09. The molecular weight excluding hydrogens is 276 g/mol. The van der Waals surface area contributed by atoms with Crippen LogP contribution in [0.15, 0.2) is 0 Å². The fourth-order valence-electron chi connectivity index (χ4n) is 3.48. The number of nitrogens with one attached hydrogen (secondary N) is 1. The van der Waals surface area contributed by atoms with Gasteiger partial charge in [-0.25, -0.2) is 4.79 Å². The van der Waals surface area contributed by atoms with Crippen LogP contribution in [0.25, 0.3) is 0 Å². The molecule has 1 heterocycles. The summed E-state index contributed by atoms with van der Waals surface area (Å²) in [5.41, 5.74) is 0.0969. The van der Waals surface area contributed by atoms with E-state index in [0.29, 0.717) is 0 Å².